The first-order chi connectivity index (χ1) is 13.8. The Morgan fingerprint density at radius 2 is 1.61 bits per heavy atom. The van der Waals surface area contributed by atoms with E-state index in [4.69, 9.17) is 0 Å². The Balaban J connectivity index is 1.31. The number of anilines is 1. The van der Waals surface area contributed by atoms with Crippen molar-refractivity contribution in [3.8, 4) is 11.1 Å². The Labute approximate surface area is 166 Å². The van der Waals surface area contributed by atoms with Crippen LogP contribution in [0.15, 0.2) is 72.9 Å². The minimum absolute atomic E-state index is 0.0343. The van der Waals surface area contributed by atoms with E-state index >= 15 is 0 Å². The van der Waals surface area contributed by atoms with Crippen molar-refractivity contribution in [1.29, 1.82) is 0 Å². The van der Waals surface area contributed by atoms with Crippen LogP contribution in [0.2, 0.25) is 0 Å². The lowest BCUT2D eigenvalue weighted by Crippen LogP contribution is -2.25. The van der Waals surface area contributed by atoms with Crippen LogP contribution in [0.4, 0.5) is 5.82 Å². The highest BCUT2D eigenvalue weighted by Gasteiger charge is 2.13. The van der Waals surface area contributed by atoms with Gasteiger partial charge in [-0.15, -0.1) is 0 Å². The quantitative estimate of drug-likeness (QED) is 0.706. The summed E-state index contributed by atoms with van der Waals surface area (Å²) in [7, 11) is 0. The molecule has 0 bridgehead atoms. The summed E-state index contributed by atoms with van der Waals surface area (Å²) in [5.74, 6) is 1.05. The average molecular weight is 371 g/mol. The molecule has 0 atom stereocenters. The third kappa shape index (κ3) is 4.58. The van der Waals surface area contributed by atoms with Crippen LogP contribution < -0.4 is 10.2 Å². The van der Waals surface area contributed by atoms with E-state index in [-0.39, 0.29) is 5.91 Å². The highest BCUT2D eigenvalue weighted by atomic mass is 16.1. The highest BCUT2D eigenvalue weighted by Crippen LogP contribution is 2.20. The lowest BCUT2D eigenvalue weighted by atomic mass is 10.0. The molecule has 1 aliphatic heterocycles. The van der Waals surface area contributed by atoms with Crippen LogP contribution in [0.1, 0.15) is 24.0 Å². The fourth-order valence-corrected chi connectivity index (χ4v) is 3.58. The zero-order chi connectivity index (χ0) is 19.2. The lowest BCUT2D eigenvalue weighted by Gasteiger charge is -2.17. The maximum absolute atomic E-state index is 12.3. The van der Waals surface area contributed by atoms with Crippen LogP contribution in [0, 0.1) is 0 Å². The molecule has 1 amide bonds. The van der Waals surface area contributed by atoms with Gasteiger partial charge in [0.05, 0.1) is 6.42 Å². The van der Waals surface area contributed by atoms with Crippen LogP contribution in [0.25, 0.3) is 11.1 Å². The summed E-state index contributed by atoms with van der Waals surface area (Å²) in [6.45, 7) is 2.67. The Morgan fingerprint density at radius 3 is 2.36 bits per heavy atom. The first-order valence-electron chi connectivity index (χ1n) is 9.89. The molecule has 1 saturated heterocycles. The first kappa shape index (κ1) is 18.2. The van der Waals surface area contributed by atoms with E-state index in [2.05, 4.69) is 45.5 Å². The maximum Gasteiger partial charge on any atom is 0.224 e. The van der Waals surface area contributed by atoms with Crippen molar-refractivity contribution >= 4 is 11.7 Å². The van der Waals surface area contributed by atoms with E-state index < -0.39 is 0 Å². The summed E-state index contributed by atoms with van der Waals surface area (Å²) in [4.78, 5) is 19.1. The first-order valence-corrected chi connectivity index (χ1v) is 9.89. The summed E-state index contributed by atoms with van der Waals surface area (Å²) in [6.07, 6.45) is 4.67. The van der Waals surface area contributed by atoms with Gasteiger partial charge in [-0.05, 0) is 47.2 Å². The second-order valence-electron chi connectivity index (χ2n) is 7.23. The maximum atomic E-state index is 12.3. The van der Waals surface area contributed by atoms with Crippen LogP contribution >= 0.6 is 0 Å². The number of hydrogen-bond acceptors (Lipinski definition) is 3. The lowest BCUT2D eigenvalue weighted by molar-refractivity contribution is -0.120. The monoisotopic (exact) mass is 371 g/mol. The smallest absolute Gasteiger partial charge is 0.224 e. The highest BCUT2D eigenvalue weighted by molar-refractivity contribution is 5.79. The molecule has 3 aromatic rings. The van der Waals surface area contributed by atoms with Gasteiger partial charge in [-0.1, -0.05) is 54.6 Å². The molecule has 0 radical (unpaired) electrons. The number of nitrogens with one attached hydrogen (secondary N) is 1. The van der Waals surface area contributed by atoms with Gasteiger partial charge in [0.15, 0.2) is 0 Å². The molecule has 4 rings (SSSR count). The zero-order valence-electron chi connectivity index (χ0n) is 16.0. The molecule has 1 aromatic heterocycles. The SMILES string of the molecule is O=C(Cc1ccc(-c2ccccc2)cc1)NCc1ccnc(N2CCCC2)c1. The van der Waals surface area contributed by atoms with Crippen molar-refractivity contribution in [2.75, 3.05) is 18.0 Å². The third-order valence-corrected chi connectivity index (χ3v) is 5.16. The summed E-state index contributed by atoms with van der Waals surface area (Å²) in [6, 6.07) is 22.5. The molecule has 0 aliphatic carbocycles. The third-order valence-electron chi connectivity index (χ3n) is 5.16. The Morgan fingerprint density at radius 1 is 0.893 bits per heavy atom. The van der Waals surface area contributed by atoms with Gasteiger partial charge in [-0.2, -0.15) is 0 Å². The van der Waals surface area contributed by atoms with E-state index in [0.29, 0.717) is 13.0 Å². The number of hydrogen-bond donors (Lipinski definition) is 1. The van der Waals surface area contributed by atoms with Crippen LogP contribution in [0.3, 0.4) is 0 Å². The normalized spacial score (nSPS) is 13.5. The van der Waals surface area contributed by atoms with E-state index in [1.165, 1.54) is 18.4 Å². The summed E-state index contributed by atoms with van der Waals surface area (Å²) >= 11 is 0. The van der Waals surface area contributed by atoms with Gasteiger partial charge in [0.25, 0.3) is 0 Å². The van der Waals surface area contributed by atoms with Crippen molar-refractivity contribution in [1.82, 2.24) is 10.3 Å². The van der Waals surface area contributed by atoms with Gasteiger partial charge in [0, 0.05) is 25.8 Å². The van der Waals surface area contributed by atoms with E-state index in [1.54, 1.807) is 0 Å². The number of rotatable bonds is 6. The van der Waals surface area contributed by atoms with Crippen molar-refractivity contribution in [2.45, 2.75) is 25.8 Å². The van der Waals surface area contributed by atoms with Gasteiger partial charge < -0.3 is 10.2 Å². The molecule has 142 valence electrons. The van der Waals surface area contributed by atoms with E-state index in [1.807, 2.05) is 42.6 Å². The van der Waals surface area contributed by atoms with Crippen LogP contribution in [0.5, 0.6) is 0 Å². The van der Waals surface area contributed by atoms with Gasteiger partial charge in [-0.3, -0.25) is 4.79 Å². The van der Waals surface area contributed by atoms with Gasteiger partial charge in [0.2, 0.25) is 5.91 Å². The fraction of sp³-hybridized carbons (Fsp3) is 0.250. The largest absolute Gasteiger partial charge is 0.357 e. The number of benzene rings is 2. The molecule has 1 aliphatic rings. The second-order valence-corrected chi connectivity index (χ2v) is 7.23. The molecule has 2 heterocycles. The second kappa shape index (κ2) is 8.70. The number of carbonyl (C=O) groups excluding carboxylic acids is 1. The molecule has 4 heteroatoms. The van der Waals surface area contributed by atoms with Crippen molar-refractivity contribution in [2.24, 2.45) is 0 Å². The summed E-state index contributed by atoms with van der Waals surface area (Å²) in [5.41, 5.74) is 4.45. The van der Waals surface area contributed by atoms with Crippen molar-refractivity contribution in [3.05, 3.63) is 84.1 Å². The van der Waals surface area contributed by atoms with Crippen molar-refractivity contribution < 1.29 is 4.79 Å². The molecule has 1 fully saturated rings. The molecule has 0 unspecified atom stereocenters. The molecular weight excluding hydrogens is 346 g/mol. The number of carbonyl (C=O) groups is 1. The molecule has 0 spiro atoms. The van der Waals surface area contributed by atoms with Gasteiger partial charge >= 0.3 is 0 Å². The number of pyridine rings is 1. The zero-order valence-corrected chi connectivity index (χ0v) is 16.0. The minimum Gasteiger partial charge on any atom is -0.357 e. The van der Waals surface area contributed by atoms with Crippen molar-refractivity contribution in [3.63, 3.8) is 0 Å². The topological polar surface area (TPSA) is 45.2 Å². The summed E-state index contributed by atoms with van der Waals surface area (Å²) < 4.78 is 0. The number of amides is 1. The molecule has 28 heavy (non-hydrogen) atoms. The summed E-state index contributed by atoms with van der Waals surface area (Å²) in [5, 5.41) is 3.03. The van der Waals surface area contributed by atoms with Crippen LogP contribution in [-0.4, -0.2) is 24.0 Å². The number of nitrogens with zero attached hydrogens (tertiary/aromatic N) is 2. The molecule has 1 N–H and O–H groups in total. The van der Waals surface area contributed by atoms with E-state index in [0.717, 1.165) is 35.6 Å². The predicted molar refractivity (Wildman–Crippen MR) is 113 cm³/mol. The van der Waals surface area contributed by atoms with Crippen LogP contribution in [-0.2, 0) is 17.8 Å². The predicted octanol–water partition coefficient (Wildman–Crippen LogP) is 4.21. The molecule has 4 nitrogen and oxygen atoms in total. The minimum atomic E-state index is 0.0343. The standard InChI is InChI=1S/C24H25N3O/c28-24(17-19-8-10-22(11-9-19)21-6-2-1-3-7-21)26-18-20-12-13-25-23(16-20)27-14-4-5-15-27/h1-3,6-13,16H,4-5,14-15,17-18H2,(H,26,28). The fourth-order valence-electron chi connectivity index (χ4n) is 3.58. The molecular formula is C24H25N3O. The Bertz CT molecular complexity index is 916. The Hall–Kier alpha value is -3.14. The van der Waals surface area contributed by atoms with Gasteiger partial charge in [0.1, 0.15) is 5.82 Å². The number of aromatic nitrogens is 1. The van der Waals surface area contributed by atoms with Gasteiger partial charge in [-0.25, -0.2) is 4.98 Å². The average Bonchev–Trinajstić information content (AvgIpc) is 3.29. The molecule has 2 aromatic carbocycles. The molecule has 0 saturated carbocycles. The van der Waals surface area contributed by atoms with E-state index in [9.17, 15) is 4.79 Å². The Kier molecular flexibility index (Phi) is 5.66.